The minimum atomic E-state index is 0.199. The molecule has 0 aliphatic heterocycles. The van der Waals surface area contributed by atoms with E-state index in [0.29, 0.717) is 5.92 Å². The predicted molar refractivity (Wildman–Crippen MR) is 99.8 cm³/mol. The minimum absolute atomic E-state index is 0.199. The van der Waals surface area contributed by atoms with Gasteiger partial charge >= 0.3 is 0 Å². The van der Waals surface area contributed by atoms with E-state index in [1.54, 1.807) is 0 Å². The largest absolute Gasteiger partial charge is 0.212 e. The number of hydrogen-bond donors (Lipinski definition) is 0. The number of hydrogen-bond acceptors (Lipinski definition) is 0. The second kappa shape index (κ2) is 6.86. The molecular weight excluding hydrogens is 278 g/mol. The summed E-state index contributed by atoms with van der Waals surface area (Å²) in [5, 5.41) is 0. The molecule has 1 heteroatoms. The Morgan fingerprint density at radius 2 is 1.78 bits per heavy atom. The van der Waals surface area contributed by atoms with Crippen molar-refractivity contribution in [1.82, 2.24) is 0 Å². The highest BCUT2D eigenvalue weighted by molar-refractivity contribution is 5.62. The van der Waals surface area contributed by atoms with Crippen LogP contribution in [0.4, 0.5) is 0 Å². The standard InChI is InChI=1S/C22H32N/c1-8-16(3)19-15-23(7)21(14-20(19)22(5,6)9-2)18-13-11-10-12-17(18)4/h10-16H,8-9H2,1-7H3/q+1. The van der Waals surface area contributed by atoms with Gasteiger partial charge in [-0.3, -0.25) is 0 Å². The Balaban J connectivity index is 2.73. The molecule has 23 heavy (non-hydrogen) atoms. The molecule has 1 aromatic heterocycles. The molecule has 0 bridgehead atoms. The van der Waals surface area contributed by atoms with Gasteiger partial charge in [-0.1, -0.05) is 52.8 Å². The van der Waals surface area contributed by atoms with E-state index in [4.69, 9.17) is 0 Å². The first-order valence-corrected chi connectivity index (χ1v) is 8.91. The zero-order chi connectivity index (χ0) is 17.2. The zero-order valence-electron chi connectivity index (χ0n) is 15.9. The van der Waals surface area contributed by atoms with Gasteiger partial charge in [0, 0.05) is 17.2 Å². The van der Waals surface area contributed by atoms with Crippen molar-refractivity contribution < 1.29 is 4.57 Å². The van der Waals surface area contributed by atoms with Gasteiger partial charge < -0.3 is 0 Å². The first kappa shape index (κ1) is 17.7. The smallest absolute Gasteiger partial charge is 0.201 e. The summed E-state index contributed by atoms with van der Waals surface area (Å²) in [5.41, 5.74) is 7.18. The van der Waals surface area contributed by atoms with Gasteiger partial charge in [0.25, 0.3) is 0 Å². The van der Waals surface area contributed by atoms with Crippen LogP contribution in [-0.4, -0.2) is 0 Å². The third-order valence-electron chi connectivity index (χ3n) is 5.48. The van der Waals surface area contributed by atoms with E-state index in [9.17, 15) is 0 Å². The van der Waals surface area contributed by atoms with Crippen LogP contribution in [0.3, 0.4) is 0 Å². The molecule has 0 radical (unpaired) electrons. The van der Waals surface area contributed by atoms with E-state index < -0.39 is 0 Å². The van der Waals surface area contributed by atoms with E-state index in [0.717, 1.165) is 6.42 Å². The third kappa shape index (κ3) is 3.49. The Bertz CT molecular complexity index is 682. The van der Waals surface area contributed by atoms with Crippen molar-refractivity contribution in [2.24, 2.45) is 7.05 Å². The van der Waals surface area contributed by atoms with Crippen molar-refractivity contribution in [3.05, 3.63) is 53.2 Å². The summed E-state index contributed by atoms with van der Waals surface area (Å²) in [5.74, 6) is 0.591. The highest BCUT2D eigenvalue weighted by Gasteiger charge is 2.28. The van der Waals surface area contributed by atoms with Crippen LogP contribution in [0, 0.1) is 6.92 Å². The molecule has 2 rings (SSSR count). The molecule has 1 atom stereocenters. The number of aromatic nitrogens is 1. The highest BCUT2D eigenvalue weighted by atomic mass is 14.9. The quantitative estimate of drug-likeness (QED) is 0.625. The van der Waals surface area contributed by atoms with Crippen molar-refractivity contribution in [1.29, 1.82) is 0 Å². The van der Waals surface area contributed by atoms with Crippen LogP contribution < -0.4 is 4.57 Å². The fourth-order valence-corrected chi connectivity index (χ4v) is 3.19. The molecule has 1 unspecified atom stereocenters. The lowest BCUT2D eigenvalue weighted by Gasteiger charge is -2.28. The number of pyridine rings is 1. The number of nitrogens with zero attached hydrogens (tertiary/aromatic N) is 1. The van der Waals surface area contributed by atoms with Gasteiger partial charge in [-0.2, -0.15) is 0 Å². The maximum Gasteiger partial charge on any atom is 0.212 e. The molecule has 124 valence electrons. The van der Waals surface area contributed by atoms with Gasteiger partial charge in [-0.05, 0) is 48.3 Å². The van der Waals surface area contributed by atoms with Crippen LogP contribution in [0.1, 0.15) is 70.1 Å². The Morgan fingerprint density at radius 3 is 2.35 bits per heavy atom. The minimum Gasteiger partial charge on any atom is -0.201 e. The van der Waals surface area contributed by atoms with E-state index in [-0.39, 0.29) is 5.41 Å². The van der Waals surface area contributed by atoms with Crippen LogP contribution in [0.25, 0.3) is 11.3 Å². The Kier molecular flexibility index (Phi) is 5.29. The first-order chi connectivity index (χ1) is 10.8. The van der Waals surface area contributed by atoms with E-state index >= 15 is 0 Å². The highest BCUT2D eigenvalue weighted by Crippen LogP contribution is 2.36. The van der Waals surface area contributed by atoms with Crippen LogP contribution in [0.15, 0.2) is 36.5 Å². The summed E-state index contributed by atoms with van der Waals surface area (Å²) >= 11 is 0. The zero-order valence-corrected chi connectivity index (χ0v) is 15.9. The average Bonchev–Trinajstić information content (AvgIpc) is 2.54. The lowest BCUT2D eigenvalue weighted by Crippen LogP contribution is -2.34. The first-order valence-electron chi connectivity index (χ1n) is 8.91. The maximum absolute atomic E-state index is 2.44. The van der Waals surface area contributed by atoms with Gasteiger partial charge in [-0.25, -0.2) is 4.57 Å². The predicted octanol–water partition coefficient (Wildman–Crippen LogP) is 5.69. The molecular formula is C22H32N+. The molecule has 0 fully saturated rings. The average molecular weight is 311 g/mol. The molecule has 2 aromatic rings. The van der Waals surface area contributed by atoms with E-state index in [1.165, 1.54) is 34.4 Å². The van der Waals surface area contributed by atoms with Crippen LogP contribution >= 0.6 is 0 Å². The van der Waals surface area contributed by atoms with Gasteiger partial charge in [0.2, 0.25) is 5.69 Å². The molecule has 0 amide bonds. The SMILES string of the molecule is CCC(C)c1c[n+](C)c(-c2ccccc2C)cc1C(C)(C)CC. The van der Waals surface area contributed by atoms with Gasteiger partial charge in [0.05, 0.1) is 0 Å². The Labute approximate surface area is 142 Å². The van der Waals surface area contributed by atoms with Crippen molar-refractivity contribution >= 4 is 0 Å². The Hall–Kier alpha value is -1.63. The van der Waals surface area contributed by atoms with E-state index in [1.807, 2.05) is 0 Å². The maximum atomic E-state index is 2.44. The molecule has 0 N–H and O–H groups in total. The van der Waals surface area contributed by atoms with Gasteiger partial charge in [-0.15, -0.1) is 0 Å². The number of benzene rings is 1. The lowest BCUT2D eigenvalue weighted by molar-refractivity contribution is -0.661. The molecule has 1 nitrogen and oxygen atoms in total. The van der Waals surface area contributed by atoms with Crippen molar-refractivity contribution in [2.45, 2.75) is 65.7 Å². The molecule has 0 saturated heterocycles. The van der Waals surface area contributed by atoms with E-state index in [2.05, 4.69) is 89.7 Å². The van der Waals surface area contributed by atoms with Crippen LogP contribution in [-0.2, 0) is 12.5 Å². The monoisotopic (exact) mass is 310 g/mol. The van der Waals surface area contributed by atoms with Crippen LogP contribution in [0.2, 0.25) is 0 Å². The Morgan fingerprint density at radius 1 is 1.13 bits per heavy atom. The summed E-state index contributed by atoms with van der Waals surface area (Å²) in [6, 6.07) is 11.1. The molecule has 0 saturated carbocycles. The molecule has 0 aliphatic carbocycles. The molecule has 0 aliphatic rings. The number of aryl methyl sites for hydroxylation is 2. The normalized spacial score (nSPS) is 13.2. The molecule has 1 heterocycles. The fraction of sp³-hybridized carbons (Fsp3) is 0.500. The van der Waals surface area contributed by atoms with Crippen molar-refractivity contribution in [2.75, 3.05) is 0 Å². The third-order valence-corrected chi connectivity index (χ3v) is 5.48. The summed E-state index contributed by atoms with van der Waals surface area (Å²) in [7, 11) is 2.18. The summed E-state index contributed by atoms with van der Waals surface area (Å²) in [6.07, 6.45) is 4.69. The van der Waals surface area contributed by atoms with Gasteiger partial charge in [0.15, 0.2) is 6.20 Å². The second-order valence-corrected chi connectivity index (χ2v) is 7.50. The topological polar surface area (TPSA) is 3.88 Å². The molecule has 0 spiro atoms. The van der Waals surface area contributed by atoms with Gasteiger partial charge in [0.1, 0.15) is 7.05 Å². The fourth-order valence-electron chi connectivity index (χ4n) is 3.19. The summed E-state index contributed by atoms with van der Waals surface area (Å²) in [4.78, 5) is 0. The second-order valence-electron chi connectivity index (χ2n) is 7.50. The lowest BCUT2D eigenvalue weighted by atomic mass is 9.76. The van der Waals surface area contributed by atoms with Crippen molar-refractivity contribution in [3.63, 3.8) is 0 Å². The van der Waals surface area contributed by atoms with Crippen molar-refractivity contribution in [3.8, 4) is 11.3 Å². The summed E-state index contributed by atoms with van der Waals surface area (Å²) < 4.78 is 2.30. The number of rotatable bonds is 5. The molecule has 1 aromatic carbocycles. The van der Waals surface area contributed by atoms with Crippen LogP contribution in [0.5, 0.6) is 0 Å². The summed E-state index contributed by atoms with van der Waals surface area (Å²) in [6.45, 7) is 13.9.